The number of piperidine rings is 1. The van der Waals surface area contributed by atoms with E-state index >= 15 is 0 Å². The Labute approximate surface area is 105 Å². The molecule has 2 aliphatic rings. The zero-order chi connectivity index (χ0) is 12.3. The first-order chi connectivity index (χ1) is 8.19. The van der Waals surface area contributed by atoms with E-state index in [0.717, 1.165) is 13.1 Å². The van der Waals surface area contributed by atoms with Crippen LogP contribution in [-0.2, 0) is 4.79 Å². The Bertz CT molecular complexity index is 259. The fraction of sp³-hybridized carbons (Fsp3) is 0.929. The molecule has 3 nitrogen and oxygen atoms in total. The minimum absolute atomic E-state index is 0.303. The number of hydrogen-bond donors (Lipinski definition) is 1. The highest BCUT2D eigenvalue weighted by Crippen LogP contribution is 2.37. The van der Waals surface area contributed by atoms with Crippen molar-refractivity contribution in [1.29, 1.82) is 0 Å². The van der Waals surface area contributed by atoms with E-state index in [-0.39, 0.29) is 0 Å². The number of likely N-dealkylation sites (tertiary alicyclic amines) is 1. The van der Waals surface area contributed by atoms with E-state index in [1.165, 1.54) is 38.5 Å². The molecule has 1 aliphatic carbocycles. The van der Waals surface area contributed by atoms with Crippen LogP contribution in [0.5, 0.6) is 0 Å². The van der Waals surface area contributed by atoms with Gasteiger partial charge in [-0.05, 0) is 31.1 Å². The molecular weight excluding hydrogens is 212 g/mol. The van der Waals surface area contributed by atoms with Gasteiger partial charge in [0.15, 0.2) is 0 Å². The Hall–Kier alpha value is -0.570. The molecular formula is C14H26N2O. The lowest BCUT2D eigenvalue weighted by Crippen LogP contribution is -2.46. The number of hydrogen-bond acceptors (Lipinski definition) is 2. The largest absolute Gasteiger partial charge is 0.342 e. The van der Waals surface area contributed by atoms with Crippen molar-refractivity contribution < 1.29 is 4.79 Å². The monoisotopic (exact) mass is 238 g/mol. The lowest BCUT2D eigenvalue weighted by Gasteiger charge is -2.41. The van der Waals surface area contributed by atoms with Gasteiger partial charge in [-0.3, -0.25) is 4.79 Å². The van der Waals surface area contributed by atoms with Gasteiger partial charge in [0.1, 0.15) is 0 Å². The van der Waals surface area contributed by atoms with Crippen LogP contribution >= 0.6 is 0 Å². The van der Waals surface area contributed by atoms with Crippen LogP contribution in [0, 0.1) is 5.41 Å². The number of nitrogens with one attached hydrogen (secondary N) is 1. The van der Waals surface area contributed by atoms with E-state index in [4.69, 9.17) is 0 Å². The van der Waals surface area contributed by atoms with Crippen molar-refractivity contribution in [2.45, 2.75) is 58.4 Å². The van der Waals surface area contributed by atoms with E-state index in [2.05, 4.69) is 24.1 Å². The summed E-state index contributed by atoms with van der Waals surface area (Å²) < 4.78 is 0. The average Bonchev–Trinajstić information content (AvgIpc) is 3.20. The van der Waals surface area contributed by atoms with Crippen molar-refractivity contribution in [2.75, 3.05) is 19.6 Å². The second-order valence-electron chi connectivity index (χ2n) is 5.74. The molecule has 0 spiro atoms. The summed E-state index contributed by atoms with van der Waals surface area (Å²) in [7, 11) is 0. The Morgan fingerprint density at radius 3 is 2.29 bits per heavy atom. The fourth-order valence-corrected chi connectivity index (χ4v) is 2.82. The average molecular weight is 238 g/mol. The van der Waals surface area contributed by atoms with Crippen molar-refractivity contribution in [3.63, 3.8) is 0 Å². The van der Waals surface area contributed by atoms with Gasteiger partial charge in [-0.15, -0.1) is 0 Å². The molecule has 1 N–H and O–H groups in total. The van der Waals surface area contributed by atoms with Crippen LogP contribution in [0.15, 0.2) is 0 Å². The number of amides is 1. The van der Waals surface area contributed by atoms with Gasteiger partial charge in [0.05, 0.1) is 6.54 Å². The number of nitrogens with zero attached hydrogens (tertiary/aromatic N) is 1. The molecule has 17 heavy (non-hydrogen) atoms. The van der Waals surface area contributed by atoms with Crippen LogP contribution < -0.4 is 5.32 Å². The number of rotatable bonds is 5. The first-order valence-corrected chi connectivity index (χ1v) is 7.20. The minimum atomic E-state index is 0.303. The standard InChI is InChI=1S/C14H26N2O/c1-3-14(4-2)7-9-16(10-8-14)13(17)11-15-12-5-6-12/h12,15H,3-11H2,1-2H3. The van der Waals surface area contributed by atoms with Crippen molar-refractivity contribution in [3.05, 3.63) is 0 Å². The van der Waals surface area contributed by atoms with E-state index < -0.39 is 0 Å². The summed E-state index contributed by atoms with van der Waals surface area (Å²) in [6, 6.07) is 0.633. The summed E-state index contributed by atoms with van der Waals surface area (Å²) >= 11 is 0. The molecule has 0 bridgehead atoms. The topological polar surface area (TPSA) is 32.3 Å². The van der Waals surface area contributed by atoms with Gasteiger partial charge in [0.2, 0.25) is 5.91 Å². The Morgan fingerprint density at radius 2 is 1.82 bits per heavy atom. The third kappa shape index (κ3) is 3.21. The van der Waals surface area contributed by atoms with Gasteiger partial charge in [0.25, 0.3) is 0 Å². The fourth-order valence-electron chi connectivity index (χ4n) is 2.82. The second kappa shape index (κ2) is 5.38. The second-order valence-corrected chi connectivity index (χ2v) is 5.74. The van der Waals surface area contributed by atoms with Crippen LogP contribution in [-0.4, -0.2) is 36.5 Å². The number of carbonyl (C=O) groups excluding carboxylic acids is 1. The van der Waals surface area contributed by atoms with Crippen LogP contribution in [0.3, 0.4) is 0 Å². The third-order valence-corrected chi connectivity index (χ3v) is 4.80. The van der Waals surface area contributed by atoms with Crippen molar-refractivity contribution in [3.8, 4) is 0 Å². The van der Waals surface area contributed by atoms with E-state index in [1.54, 1.807) is 0 Å². The molecule has 0 aromatic rings. The molecule has 0 radical (unpaired) electrons. The third-order valence-electron chi connectivity index (χ3n) is 4.80. The molecule has 1 saturated carbocycles. The summed E-state index contributed by atoms with van der Waals surface area (Å²) in [6.45, 7) is 7.06. The molecule has 0 atom stereocenters. The Kier molecular flexibility index (Phi) is 4.08. The number of carbonyl (C=O) groups is 1. The molecule has 0 unspecified atom stereocenters. The van der Waals surface area contributed by atoms with Gasteiger partial charge < -0.3 is 10.2 Å². The normalized spacial score (nSPS) is 23.8. The molecule has 1 amide bonds. The van der Waals surface area contributed by atoms with Gasteiger partial charge in [0, 0.05) is 19.1 Å². The first-order valence-electron chi connectivity index (χ1n) is 7.20. The van der Waals surface area contributed by atoms with Crippen LogP contribution in [0.4, 0.5) is 0 Å². The lowest BCUT2D eigenvalue weighted by molar-refractivity contribution is -0.132. The molecule has 0 aromatic carbocycles. The molecule has 98 valence electrons. The van der Waals surface area contributed by atoms with E-state index in [9.17, 15) is 4.79 Å². The Morgan fingerprint density at radius 1 is 1.24 bits per heavy atom. The van der Waals surface area contributed by atoms with Crippen LogP contribution in [0.2, 0.25) is 0 Å². The highest BCUT2D eigenvalue weighted by atomic mass is 16.2. The highest BCUT2D eigenvalue weighted by molar-refractivity contribution is 5.78. The van der Waals surface area contributed by atoms with Gasteiger partial charge in [-0.25, -0.2) is 0 Å². The predicted octanol–water partition coefficient (Wildman–Crippen LogP) is 2.17. The molecule has 1 saturated heterocycles. The van der Waals surface area contributed by atoms with Gasteiger partial charge in [-0.1, -0.05) is 26.7 Å². The van der Waals surface area contributed by atoms with Crippen molar-refractivity contribution in [1.82, 2.24) is 10.2 Å². The van der Waals surface area contributed by atoms with E-state index in [1.807, 2.05) is 0 Å². The van der Waals surface area contributed by atoms with Gasteiger partial charge >= 0.3 is 0 Å². The summed E-state index contributed by atoms with van der Waals surface area (Å²) in [5.74, 6) is 0.303. The molecule has 2 fully saturated rings. The SMILES string of the molecule is CCC1(CC)CCN(C(=O)CNC2CC2)CC1. The van der Waals surface area contributed by atoms with Crippen LogP contribution in [0.25, 0.3) is 0 Å². The molecule has 1 heterocycles. The Balaban J connectivity index is 1.75. The first kappa shape index (κ1) is 12.9. The van der Waals surface area contributed by atoms with Crippen LogP contribution in [0.1, 0.15) is 52.4 Å². The zero-order valence-corrected chi connectivity index (χ0v) is 11.3. The maximum absolute atomic E-state index is 12.0. The molecule has 0 aromatic heterocycles. The smallest absolute Gasteiger partial charge is 0.236 e. The maximum atomic E-state index is 12.0. The lowest BCUT2D eigenvalue weighted by atomic mass is 9.74. The maximum Gasteiger partial charge on any atom is 0.236 e. The highest BCUT2D eigenvalue weighted by Gasteiger charge is 2.33. The summed E-state index contributed by atoms with van der Waals surface area (Å²) in [4.78, 5) is 14.0. The summed E-state index contributed by atoms with van der Waals surface area (Å²) in [5.41, 5.74) is 0.515. The van der Waals surface area contributed by atoms with Crippen molar-refractivity contribution in [2.24, 2.45) is 5.41 Å². The van der Waals surface area contributed by atoms with E-state index in [0.29, 0.717) is 23.9 Å². The molecule has 2 rings (SSSR count). The molecule has 3 heteroatoms. The van der Waals surface area contributed by atoms with Gasteiger partial charge in [-0.2, -0.15) is 0 Å². The molecule has 1 aliphatic heterocycles. The minimum Gasteiger partial charge on any atom is -0.342 e. The zero-order valence-electron chi connectivity index (χ0n) is 11.3. The predicted molar refractivity (Wildman–Crippen MR) is 69.9 cm³/mol. The summed E-state index contributed by atoms with van der Waals surface area (Å²) in [6.07, 6.45) is 7.40. The van der Waals surface area contributed by atoms with Crippen molar-refractivity contribution >= 4 is 5.91 Å². The quantitative estimate of drug-likeness (QED) is 0.796. The summed E-state index contributed by atoms with van der Waals surface area (Å²) in [5, 5.41) is 3.31.